The summed E-state index contributed by atoms with van der Waals surface area (Å²) in [6, 6.07) is 7.87. The number of nitrogens with one attached hydrogen (secondary N) is 1. The fourth-order valence-electron chi connectivity index (χ4n) is 2.76. The zero-order chi connectivity index (χ0) is 12.3. The molecule has 94 valence electrons. The Morgan fingerprint density at radius 3 is 2.24 bits per heavy atom. The lowest BCUT2D eigenvalue weighted by atomic mass is 9.91. The number of benzene rings is 1. The third-order valence-corrected chi connectivity index (χ3v) is 3.65. The first-order chi connectivity index (χ1) is 8.13. The molecule has 0 radical (unpaired) electrons. The van der Waals surface area contributed by atoms with Crippen LogP contribution in [-0.2, 0) is 6.54 Å². The van der Waals surface area contributed by atoms with Crippen LogP contribution in [0.5, 0.6) is 0 Å². The van der Waals surface area contributed by atoms with Gasteiger partial charge in [-0.25, -0.2) is 0 Å². The topological polar surface area (TPSA) is 38.0 Å². The molecule has 0 saturated heterocycles. The molecule has 1 fully saturated rings. The normalized spacial score (nSPS) is 24.9. The van der Waals surface area contributed by atoms with Gasteiger partial charge >= 0.3 is 0 Å². The van der Waals surface area contributed by atoms with Crippen LogP contribution < -0.4 is 11.1 Å². The molecule has 2 rings (SSSR count). The Balaban J connectivity index is 1.85. The van der Waals surface area contributed by atoms with Crippen LogP contribution in [0, 0.1) is 13.8 Å². The Labute approximate surface area is 105 Å². The molecular weight excluding hydrogens is 208 g/mol. The zero-order valence-electron chi connectivity index (χ0n) is 11.0. The molecule has 3 N–H and O–H groups in total. The van der Waals surface area contributed by atoms with E-state index in [0.29, 0.717) is 12.1 Å². The van der Waals surface area contributed by atoms with Crippen molar-refractivity contribution in [3.8, 4) is 0 Å². The summed E-state index contributed by atoms with van der Waals surface area (Å²) in [6.45, 7) is 5.31. The molecule has 2 heteroatoms. The average molecular weight is 232 g/mol. The summed E-state index contributed by atoms with van der Waals surface area (Å²) in [7, 11) is 0. The molecule has 0 atom stereocenters. The van der Waals surface area contributed by atoms with Crippen LogP contribution in [-0.4, -0.2) is 12.1 Å². The van der Waals surface area contributed by atoms with Crippen molar-refractivity contribution in [2.45, 2.75) is 58.2 Å². The van der Waals surface area contributed by atoms with Gasteiger partial charge in [0.15, 0.2) is 0 Å². The Hall–Kier alpha value is -0.860. The summed E-state index contributed by atoms with van der Waals surface area (Å²) in [6.07, 6.45) is 4.80. The van der Waals surface area contributed by atoms with Crippen LogP contribution in [0.4, 0.5) is 0 Å². The van der Waals surface area contributed by atoms with Crippen molar-refractivity contribution < 1.29 is 0 Å². The second kappa shape index (κ2) is 5.65. The summed E-state index contributed by atoms with van der Waals surface area (Å²) >= 11 is 0. The van der Waals surface area contributed by atoms with E-state index < -0.39 is 0 Å². The van der Waals surface area contributed by atoms with Gasteiger partial charge in [-0.15, -0.1) is 0 Å². The molecule has 0 bridgehead atoms. The van der Waals surface area contributed by atoms with Crippen molar-refractivity contribution in [3.05, 3.63) is 34.9 Å². The molecule has 0 aliphatic heterocycles. The molecule has 1 aliphatic rings. The maximum atomic E-state index is 5.92. The third kappa shape index (κ3) is 3.83. The monoisotopic (exact) mass is 232 g/mol. The largest absolute Gasteiger partial charge is 0.328 e. The molecule has 0 aromatic heterocycles. The summed E-state index contributed by atoms with van der Waals surface area (Å²) < 4.78 is 0. The van der Waals surface area contributed by atoms with Gasteiger partial charge in [-0.2, -0.15) is 0 Å². The first-order valence-electron chi connectivity index (χ1n) is 6.69. The molecule has 1 aliphatic carbocycles. The van der Waals surface area contributed by atoms with Gasteiger partial charge in [0.1, 0.15) is 0 Å². The highest BCUT2D eigenvalue weighted by molar-refractivity contribution is 5.28. The van der Waals surface area contributed by atoms with Crippen LogP contribution in [0.15, 0.2) is 18.2 Å². The summed E-state index contributed by atoms with van der Waals surface area (Å²) in [4.78, 5) is 0. The SMILES string of the molecule is Cc1cc(C)cc(CNC2CCC(N)CC2)c1. The standard InChI is InChI=1S/C15H24N2/c1-11-7-12(2)9-13(8-11)10-17-15-5-3-14(16)4-6-15/h7-9,14-15,17H,3-6,10,16H2,1-2H3. The highest BCUT2D eigenvalue weighted by Gasteiger charge is 2.17. The first kappa shape index (κ1) is 12.6. The lowest BCUT2D eigenvalue weighted by Gasteiger charge is -2.27. The van der Waals surface area contributed by atoms with Crippen LogP contribution in [0.3, 0.4) is 0 Å². The van der Waals surface area contributed by atoms with Gasteiger partial charge in [-0.1, -0.05) is 29.3 Å². The minimum absolute atomic E-state index is 0.439. The first-order valence-corrected chi connectivity index (χ1v) is 6.69. The number of hydrogen-bond donors (Lipinski definition) is 2. The van der Waals surface area contributed by atoms with Crippen LogP contribution in [0.2, 0.25) is 0 Å². The van der Waals surface area contributed by atoms with Gasteiger partial charge in [-0.05, 0) is 45.1 Å². The molecule has 0 heterocycles. The minimum atomic E-state index is 0.439. The highest BCUT2D eigenvalue weighted by Crippen LogP contribution is 2.17. The molecule has 0 spiro atoms. The van der Waals surface area contributed by atoms with Gasteiger partial charge in [-0.3, -0.25) is 0 Å². The van der Waals surface area contributed by atoms with Gasteiger partial charge in [0, 0.05) is 18.6 Å². The maximum absolute atomic E-state index is 5.92. The second-order valence-electron chi connectivity index (χ2n) is 5.49. The maximum Gasteiger partial charge on any atom is 0.0208 e. The van der Waals surface area contributed by atoms with Crippen molar-refractivity contribution >= 4 is 0 Å². The van der Waals surface area contributed by atoms with Crippen LogP contribution in [0.25, 0.3) is 0 Å². The lowest BCUT2D eigenvalue weighted by Crippen LogP contribution is -2.37. The predicted molar refractivity (Wildman–Crippen MR) is 73.0 cm³/mol. The smallest absolute Gasteiger partial charge is 0.0208 e. The van der Waals surface area contributed by atoms with Crippen molar-refractivity contribution in [1.29, 1.82) is 0 Å². The van der Waals surface area contributed by atoms with E-state index in [1.807, 2.05) is 0 Å². The van der Waals surface area contributed by atoms with Gasteiger partial charge in [0.2, 0.25) is 0 Å². The highest BCUT2D eigenvalue weighted by atomic mass is 14.9. The number of hydrogen-bond acceptors (Lipinski definition) is 2. The Morgan fingerprint density at radius 2 is 1.65 bits per heavy atom. The van der Waals surface area contributed by atoms with Gasteiger partial charge in [0.25, 0.3) is 0 Å². The van der Waals surface area contributed by atoms with E-state index in [1.165, 1.54) is 42.4 Å². The minimum Gasteiger partial charge on any atom is -0.328 e. The fraction of sp³-hybridized carbons (Fsp3) is 0.600. The van der Waals surface area contributed by atoms with E-state index in [9.17, 15) is 0 Å². The van der Waals surface area contributed by atoms with E-state index in [-0.39, 0.29) is 0 Å². The van der Waals surface area contributed by atoms with Crippen molar-refractivity contribution in [1.82, 2.24) is 5.32 Å². The molecule has 0 unspecified atom stereocenters. The second-order valence-corrected chi connectivity index (χ2v) is 5.49. The van der Waals surface area contributed by atoms with Gasteiger partial charge in [0.05, 0.1) is 0 Å². The number of rotatable bonds is 3. The number of aryl methyl sites for hydroxylation is 2. The molecule has 2 nitrogen and oxygen atoms in total. The van der Waals surface area contributed by atoms with Gasteiger partial charge < -0.3 is 11.1 Å². The zero-order valence-corrected chi connectivity index (χ0v) is 11.0. The van der Waals surface area contributed by atoms with Crippen molar-refractivity contribution in [3.63, 3.8) is 0 Å². The van der Waals surface area contributed by atoms with E-state index in [4.69, 9.17) is 5.73 Å². The summed E-state index contributed by atoms with van der Waals surface area (Å²) in [5.41, 5.74) is 10.0. The molecular formula is C15H24N2. The molecule has 17 heavy (non-hydrogen) atoms. The predicted octanol–water partition coefficient (Wildman–Crippen LogP) is 2.66. The van der Waals surface area contributed by atoms with E-state index >= 15 is 0 Å². The lowest BCUT2D eigenvalue weighted by molar-refractivity contribution is 0.342. The third-order valence-electron chi connectivity index (χ3n) is 3.65. The Kier molecular flexibility index (Phi) is 4.19. The Bertz CT molecular complexity index is 345. The molecule has 0 amide bonds. The molecule has 1 aromatic carbocycles. The van der Waals surface area contributed by atoms with Crippen molar-refractivity contribution in [2.75, 3.05) is 0 Å². The number of nitrogens with two attached hydrogens (primary N) is 1. The van der Waals surface area contributed by atoms with E-state index in [0.717, 1.165) is 6.54 Å². The molecule has 1 saturated carbocycles. The Morgan fingerprint density at radius 1 is 1.06 bits per heavy atom. The average Bonchev–Trinajstić information content (AvgIpc) is 2.27. The van der Waals surface area contributed by atoms with Crippen LogP contribution >= 0.6 is 0 Å². The van der Waals surface area contributed by atoms with E-state index in [1.54, 1.807) is 0 Å². The quantitative estimate of drug-likeness (QED) is 0.841. The summed E-state index contributed by atoms with van der Waals surface area (Å²) in [5, 5.41) is 3.66. The van der Waals surface area contributed by atoms with E-state index in [2.05, 4.69) is 37.4 Å². The fourth-order valence-corrected chi connectivity index (χ4v) is 2.76. The van der Waals surface area contributed by atoms with Crippen LogP contribution in [0.1, 0.15) is 42.4 Å². The van der Waals surface area contributed by atoms with Crippen molar-refractivity contribution in [2.24, 2.45) is 5.73 Å². The summed E-state index contributed by atoms with van der Waals surface area (Å²) in [5.74, 6) is 0. The molecule has 1 aromatic rings.